The van der Waals surface area contributed by atoms with Gasteiger partial charge in [-0.2, -0.15) is 0 Å². The summed E-state index contributed by atoms with van der Waals surface area (Å²) in [5.74, 6) is 1.10. The molecule has 21 heavy (non-hydrogen) atoms. The van der Waals surface area contributed by atoms with Gasteiger partial charge in [-0.05, 0) is 37.1 Å². The van der Waals surface area contributed by atoms with Crippen LogP contribution in [0.15, 0.2) is 24.3 Å². The van der Waals surface area contributed by atoms with Gasteiger partial charge in [0.05, 0.1) is 0 Å². The third-order valence-corrected chi connectivity index (χ3v) is 4.10. The minimum Gasteiger partial charge on any atom is -0.492 e. The predicted molar refractivity (Wildman–Crippen MR) is 77.6 cm³/mol. The van der Waals surface area contributed by atoms with E-state index in [2.05, 4.69) is 4.90 Å². The van der Waals surface area contributed by atoms with E-state index in [0.29, 0.717) is 24.2 Å². The fourth-order valence-electron chi connectivity index (χ4n) is 2.60. The Bertz CT molecular complexity index is 480. The number of nitrogens with zero attached hydrogens (tertiary/aromatic N) is 2. The van der Waals surface area contributed by atoms with Gasteiger partial charge in [-0.25, -0.2) is 4.39 Å². The fraction of sp³-hybridized carbons (Fsp3) is 0.562. The standard InChI is InChI=1S/C16H21FN2O2/c17-14-3-5-15(6-4-14)21-12-11-18-7-9-19(10-8-18)16(20)13-1-2-13/h3-6,13H,1-2,7-12H2. The number of carbonyl (C=O) groups is 1. The van der Waals surface area contributed by atoms with E-state index in [-0.39, 0.29) is 5.82 Å². The Labute approximate surface area is 124 Å². The Hall–Kier alpha value is -1.62. The van der Waals surface area contributed by atoms with Crippen LogP contribution in [0.1, 0.15) is 12.8 Å². The summed E-state index contributed by atoms with van der Waals surface area (Å²) in [5.41, 5.74) is 0. The molecule has 0 radical (unpaired) electrons. The minimum absolute atomic E-state index is 0.251. The van der Waals surface area contributed by atoms with E-state index in [0.717, 1.165) is 45.6 Å². The molecule has 0 spiro atoms. The normalized spacial score (nSPS) is 19.6. The largest absolute Gasteiger partial charge is 0.492 e. The SMILES string of the molecule is O=C(C1CC1)N1CCN(CCOc2ccc(F)cc2)CC1. The summed E-state index contributed by atoms with van der Waals surface area (Å²) in [5, 5.41) is 0. The summed E-state index contributed by atoms with van der Waals surface area (Å²) in [6, 6.07) is 6.08. The number of piperazine rings is 1. The Morgan fingerprint density at radius 2 is 1.81 bits per heavy atom. The van der Waals surface area contributed by atoms with Crippen LogP contribution in [0, 0.1) is 11.7 Å². The summed E-state index contributed by atoms with van der Waals surface area (Å²) >= 11 is 0. The van der Waals surface area contributed by atoms with Crippen LogP contribution >= 0.6 is 0 Å². The molecule has 2 fully saturated rings. The van der Waals surface area contributed by atoms with Crippen molar-refractivity contribution in [2.24, 2.45) is 5.92 Å². The fourth-order valence-corrected chi connectivity index (χ4v) is 2.60. The second-order valence-corrected chi connectivity index (χ2v) is 5.74. The van der Waals surface area contributed by atoms with E-state index in [9.17, 15) is 9.18 Å². The lowest BCUT2D eigenvalue weighted by molar-refractivity contribution is -0.134. The number of hydrogen-bond acceptors (Lipinski definition) is 3. The van der Waals surface area contributed by atoms with Gasteiger partial charge in [0.1, 0.15) is 18.2 Å². The van der Waals surface area contributed by atoms with E-state index in [1.54, 1.807) is 12.1 Å². The number of amides is 1. The van der Waals surface area contributed by atoms with Gasteiger partial charge < -0.3 is 9.64 Å². The molecule has 0 atom stereocenters. The quantitative estimate of drug-likeness (QED) is 0.829. The topological polar surface area (TPSA) is 32.8 Å². The number of rotatable bonds is 5. The molecular formula is C16H21FN2O2. The van der Waals surface area contributed by atoms with Crippen LogP contribution in [0.25, 0.3) is 0 Å². The molecule has 0 aromatic heterocycles. The van der Waals surface area contributed by atoms with Crippen LogP contribution in [-0.4, -0.2) is 55.0 Å². The van der Waals surface area contributed by atoms with Gasteiger partial charge in [-0.3, -0.25) is 9.69 Å². The van der Waals surface area contributed by atoms with Gasteiger partial charge in [-0.15, -0.1) is 0 Å². The molecule has 0 bridgehead atoms. The van der Waals surface area contributed by atoms with Crippen molar-refractivity contribution in [1.82, 2.24) is 9.80 Å². The zero-order valence-corrected chi connectivity index (χ0v) is 12.1. The molecule has 1 aliphatic heterocycles. The van der Waals surface area contributed by atoms with Crippen LogP contribution in [0.3, 0.4) is 0 Å². The van der Waals surface area contributed by atoms with Crippen LogP contribution in [-0.2, 0) is 4.79 Å². The van der Waals surface area contributed by atoms with Crippen molar-refractivity contribution in [2.75, 3.05) is 39.3 Å². The van der Waals surface area contributed by atoms with Gasteiger partial charge >= 0.3 is 0 Å². The van der Waals surface area contributed by atoms with Crippen molar-refractivity contribution in [1.29, 1.82) is 0 Å². The molecule has 1 saturated carbocycles. The third kappa shape index (κ3) is 3.94. The first-order chi connectivity index (χ1) is 10.2. The Balaban J connectivity index is 1.35. The van der Waals surface area contributed by atoms with Gasteiger partial charge in [0.25, 0.3) is 0 Å². The zero-order chi connectivity index (χ0) is 14.7. The first-order valence-electron chi connectivity index (χ1n) is 7.62. The smallest absolute Gasteiger partial charge is 0.225 e. The number of carbonyl (C=O) groups excluding carboxylic acids is 1. The number of benzene rings is 1. The predicted octanol–water partition coefficient (Wildman–Crippen LogP) is 1.76. The lowest BCUT2D eigenvalue weighted by atomic mass is 10.2. The lowest BCUT2D eigenvalue weighted by Gasteiger charge is -2.34. The molecule has 3 rings (SSSR count). The first-order valence-corrected chi connectivity index (χ1v) is 7.62. The van der Waals surface area contributed by atoms with Gasteiger partial charge in [0, 0.05) is 38.6 Å². The Morgan fingerprint density at radius 1 is 1.14 bits per heavy atom. The van der Waals surface area contributed by atoms with E-state index < -0.39 is 0 Å². The Kier molecular flexibility index (Phi) is 4.39. The maximum absolute atomic E-state index is 12.8. The summed E-state index contributed by atoms with van der Waals surface area (Å²) in [6.45, 7) is 4.89. The molecule has 1 amide bonds. The monoisotopic (exact) mass is 292 g/mol. The van der Waals surface area contributed by atoms with Crippen molar-refractivity contribution in [2.45, 2.75) is 12.8 Å². The molecule has 0 N–H and O–H groups in total. The van der Waals surface area contributed by atoms with E-state index >= 15 is 0 Å². The molecule has 1 aromatic carbocycles. The second-order valence-electron chi connectivity index (χ2n) is 5.74. The summed E-state index contributed by atoms with van der Waals surface area (Å²) in [4.78, 5) is 16.2. The molecular weight excluding hydrogens is 271 g/mol. The average molecular weight is 292 g/mol. The number of ether oxygens (including phenoxy) is 1. The van der Waals surface area contributed by atoms with Crippen LogP contribution in [0.5, 0.6) is 5.75 Å². The van der Waals surface area contributed by atoms with Gasteiger partial charge in [0.2, 0.25) is 5.91 Å². The molecule has 114 valence electrons. The molecule has 2 aliphatic rings. The van der Waals surface area contributed by atoms with Crippen molar-refractivity contribution in [3.63, 3.8) is 0 Å². The highest BCUT2D eigenvalue weighted by atomic mass is 19.1. The minimum atomic E-state index is -0.251. The zero-order valence-electron chi connectivity index (χ0n) is 12.1. The maximum Gasteiger partial charge on any atom is 0.225 e. The van der Waals surface area contributed by atoms with Gasteiger partial charge in [0.15, 0.2) is 0 Å². The molecule has 1 heterocycles. The lowest BCUT2D eigenvalue weighted by Crippen LogP contribution is -2.50. The van der Waals surface area contributed by atoms with Gasteiger partial charge in [-0.1, -0.05) is 0 Å². The average Bonchev–Trinajstić information content (AvgIpc) is 3.34. The molecule has 0 unspecified atom stereocenters. The van der Waals surface area contributed by atoms with Crippen LogP contribution in [0.4, 0.5) is 4.39 Å². The third-order valence-electron chi connectivity index (χ3n) is 4.10. The van der Waals surface area contributed by atoms with Crippen molar-refractivity contribution in [3.05, 3.63) is 30.1 Å². The number of halogens is 1. The molecule has 1 aromatic rings. The summed E-state index contributed by atoms with van der Waals surface area (Å²) in [7, 11) is 0. The maximum atomic E-state index is 12.8. The number of hydrogen-bond donors (Lipinski definition) is 0. The molecule has 1 aliphatic carbocycles. The van der Waals surface area contributed by atoms with Crippen molar-refractivity contribution in [3.8, 4) is 5.75 Å². The highest BCUT2D eigenvalue weighted by molar-refractivity contribution is 5.81. The Morgan fingerprint density at radius 3 is 2.43 bits per heavy atom. The molecule has 4 nitrogen and oxygen atoms in total. The highest BCUT2D eigenvalue weighted by Crippen LogP contribution is 2.31. The molecule has 1 saturated heterocycles. The van der Waals surface area contributed by atoms with E-state index in [1.165, 1.54) is 12.1 Å². The van der Waals surface area contributed by atoms with E-state index in [4.69, 9.17) is 4.74 Å². The summed E-state index contributed by atoms with van der Waals surface area (Å²) in [6.07, 6.45) is 2.15. The highest BCUT2D eigenvalue weighted by Gasteiger charge is 2.34. The van der Waals surface area contributed by atoms with Crippen LogP contribution in [0.2, 0.25) is 0 Å². The summed E-state index contributed by atoms with van der Waals surface area (Å²) < 4.78 is 18.4. The molecule has 5 heteroatoms. The first kappa shape index (κ1) is 14.3. The van der Waals surface area contributed by atoms with Crippen LogP contribution < -0.4 is 4.74 Å². The van der Waals surface area contributed by atoms with Crippen molar-refractivity contribution < 1.29 is 13.9 Å². The second kappa shape index (κ2) is 6.43. The van der Waals surface area contributed by atoms with E-state index in [1.807, 2.05) is 4.90 Å². The van der Waals surface area contributed by atoms with Crippen molar-refractivity contribution >= 4 is 5.91 Å².